The molecule has 0 saturated carbocycles. The number of hydrogen-bond donors (Lipinski definition) is 0. The van der Waals surface area contributed by atoms with Crippen molar-refractivity contribution >= 4 is 0 Å². The Balaban J connectivity index is -0.000000688. The Bertz CT molecular complexity index is 637. The summed E-state index contributed by atoms with van der Waals surface area (Å²) >= 11 is 0. The van der Waals surface area contributed by atoms with Crippen LogP contribution in [0.5, 0.6) is 0 Å². The van der Waals surface area contributed by atoms with E-state index in [-0.39, 0.29) is 64.6 Å². The zero-order valence-corrected chi connectivity index (χ0v) is 29.3. The summed E-state index contributed by atoms with van der Waals surface area (Å²) in [7, 11) is 0. The average Bonchev–Trinajstić information content (AvgIpc) is 2.60. The normalized spacial score (nSPS) is 17.0. The Kier molecular flexibility index (Phi) is 18.6. The van der Waals surface area contributed by atoms with Crippen LogP contribution in [0.3, 0.4) is 0 Å². The van der Waals surface area contributed by atoms with Gasteiger partial charge in [0.1, 0.15) is 0 Å². The van der Waals surface area contributed by atoms with E-state index in [4.69, 9.17) is 0 Å². The van der Waals surface area contributed by atoms with Crippen molar-refractivity contribution in [2.45, 2.75) is 182 Å². The van der Waals surface area contributed by atoms with Gasteiger partial charge in [0.05, 0.1) is 0 Å². The molecule has 0 saturated heterocycles. The molecule has 0 aromatic carbocycles. The van der Waals surface area contributed by atoms with Gasteiger partial charge < -0.3 is 21.3 Å². The zero-order chi connectivity index (χ0) is 32.7. The molecule has 0 heterocycles. The van der Waals surface area contributed by atoms with E-state index < -0.39 is 35.5 Å². The zero-order valence-electron chi connectivity index (χ0n) is 28.3. The van der Waals surface area contributed by atoms with Gasteiger partial charge in [-0.15, -0.1) is 34.2 Å². The van der Waals surface area contributed by atoms with Gasteiger partial charge in [0.2, 0.25) is 0 Å². The molecular formula is C30H58CoF6N4-4. The number of nitrogens with zero attached hydrogens (tertiary/aromatic N) is 4. The van der Waals surface area contributed by atoms with Crippen LogP contribution in [0, 0.1) is 11.8 Å². The molecule has 0 aliphatic rings. The molecule has 0 fully saturated rings. The molecule has 0 aliphatic heterocycles. The Morgan fingerprint density at radius 2 is 0.610 bits per heavy atom. The van der Waals surface area contributed by atoms with Crippen molar-refractivity contribution in [2.75, 3.05) is 0 Å². The molecule has 4 nitrogen and oxygen atoms in total. The maximum absolute atomic E-state index is 13.2. The number of hydrogen-bond acceptors (Lipinski definition) is 0. The van der Waals surface area contributed by atoms with Gasteiger partial charge in [0, 0.05) is 16.8 Å². The van der Waals surface area contributed by atoms with E-state index >= 15 is 0 Å². The van der Waals surface area contributed by atoms with Gasteiger partial charge in [-0.25, -0.2) is 0 Å². The summed E-state index contributed by atoms with van der Waals surface area (Å²) in [5.41, 5.74) is -2.09. The molecule has 0 aromatic heterocycles. The van der Waals surface area contributed by atoms with Crippen molar-refractivity contribution < 1.29 is 43.1 Å². The summed E-state index contributed by atoms with van der Waals surface area (Å²) in [6.07, 6.45) is -8.77. The third-order valence-corrected chi connectivity index (χ3v) is 5.42. The standard InChI is InChI=1S/2C15H29F3N2.Co/c2*1-10(2)11(19-13(3,4)5)9-12(15(16,17)18)20-14(6,7)8;/h2*10-12H,9H2,1-8H3;/q2*-2;. The number of alkyl halides is 6. The number of rotatable bonds is 10. The molecule has 1 radical (unpaired) electrons. The molecule has 0 rings (SSSR count). The first-order valence-electron chi connectivity index (χ1n) is 14.2. The van der Waals surface area contributed by atoms with Crippen molar-refractivity contribution in [1.82, 2.24) is 0 Å². The van der Waals surface area contributed by atoms with Crippen LogP contribution in [0.25, 0.3) is 21.3 Å². The largest absolute Gasteiger partial charge is 0.654 e. The van der Waals surface area contributed by atoms with Crippen molar-refractivity contribution in [1.29, 1.82) is 0 Å². The van der Waals surface area contributed by atoms with Crippen LogP contribution in [-0.2, 0) is 16.8 Å². The van der Waals surface area contributed by atoms with Gasteiger partial charge in [-0.05, 0) is 12.1 Å². The Labute approximate surface area is 258 Å². The van der Waals surface area contributed by atoms with Crippen LogP contribution < -0.4 is 0 Å². The molecule has 11 heteroatoms. The number of halogens is 6. The molecule has 41 heavy (non-hydrogen) atoms. The molecule has 0 spiro atoms. The Morgan fingerprint density at radius 1 is 0.415 bits per heavy atom. The second-order valence-corrected chi connectivity index (χ2v) is 15.4. The minimum atomic E-state index is -4.31. The van der Waals surface area contributed by atoms with Crippen LogP contribution in [0.4, 0.5) is 26.3 Å². The summed E-state index contributed by atoms with van der Waals surface area (Å²) in [5.74, 6) is 0.128. The molecular weight excluding hydrogens is 589 g/mol. The van der Waals surface area contributed by atoms with Gasteiger partial charge in [0.15, 0.2) is 0 Å². The minimum Gasteiger partial charge on any atom is -0.654 e. The Morgan fingerprint density at radius 3 is 0.732 bits per heavy atom. The van der Waals surface area contributed by atoms with Crippen LogP contribution >= 0.6 is 0 Å². The summed E-state index contributed by atoms with van der Waals surface area (Å²) in [4.78, 5) is 0. The maximum atomic E-state index is 13.2. The van der Waals surface area contributed by atoms with Crippen LogP contribution in [-0.4, -0.2) is 58.7 Å². The van der Waals surface area contributed by atoms with Crippen LogP contribution in [0.2, 0.25) is 0 Å². The van der Waals surface area contributed by atoms with Gasteiger partial charge >= 0.3 is 12.4 Å². The van der Waals surface area contributed by atoms with E-state index in [0.29, 0.717) is 0 Å². The Hall–Kier alpha value is -0.0735. The summed E-state index contributed by atoms with van der Waals surface area (Å²) in [6.45, 7) is 29.2. The molecule has 0 bridgehead atoms. The fourth-order valence-corrected chi connectivity index (χ4v) is 3.85. The monoisotopic (exact) mass is 647 g/mol. The van der Waals surface area contributed by atoms with Crippen molar-refractivity contribution in [3.63, 3.8) is 0 Å². The quantitative estimate of drug-likeness (QED) is 0.212. The molecule has 253 valence electrons. The van der Waals surface area contributed by atoms with E-state index in [1.807, 2.05) is 69.2 Å². The first-order valence-corrected chi connectivity index (χ1v) is 14.2. The SMILES string of the molecule is CC(C)C(CC([N-]C(C)(C)C)C(F)(F)F)[N-]C(C)(C)C.CC(C)C(CC([N-]C(C)(C)C)C(F)(F)F)[N-]C(C)(C)C.[Co]. The molecule has 0 N–H and O–H groups in total. The van der Waals surface area contributed by atoms with E-state index in [1.54, 1.807) is 41.5 Å². The third-order valence-electron chi connectivity index (χ3n) is 5.42. The minimum absolute atomic E-state index is 0. The molecule has 0 amide bonds. The van der Waals surface area contributed by atoms with Gasteiger partial charge in [-0.2, -0.15) is 26.3 Å². The molecule has 4 atom stereocenters. The maximum Gasteiger partial charge on any atom is 0.373 e. The topological polar surface area (TPSA) is 56.4 Å². The van der Waals surface area contributed by atoms with E-state index in [1.165, 1.54) is 0 Å². The van der Waals surface area contributed by atoms with Crippen LogP contribution in [0.15, 0.2) is 0 Å². The second kappa shape index (κ2) is 16.8. The van der Waals surface area contributed by atoms with Gasteiger partial charge in [-0.1, -0.05) is 135 Å². The second-order valence-electron chi connectivity index (χ2n) is 15.4. The van der Waals surface area contributed by atoms with Crippen LogP contribution in [0.1, 0.15) is 124 Å². The summed E-state index contributed by atoms with van der Waals surface area (Å²) in [6, 6.07) is -3.98. The summed E-state index contributed by atoms with van der Waals surface area (Å²) < 4.78 is 79.0. The molecule has 0 aromatic rings. The fraction of sp³-hybridized carbons (Fsp3) is 1.00. The predicted molar refractivity (Wildman–Crippen MR) is 159 cm³/mol. The summed E-state index contributed by atoms with van der Waals surface area (Å²) in [5, 5.41) is 17.0. The first kappa shape index (κ1) is 45.4. The first-order chi connectivity index (χ1) is 17.2. The van der Waals surface area contributed by atoms with Crippen molar-refractivity contribution in [3.05, 3.63) is 21.3 Å². The predicted octanol–water partition coefficient (Wildman–Crippen LogP) is 11.4. The van der Waals surface area contributed by atoms with Crippen molar-refractivity contribution in [2.24, 2.45) is 11.8 Å². The molecule has 4 unspecified atom stereocenters. The third kappa shape index (κ3) is 25.0. The molecule has 0 aliphatic carbocycles. The fourth-order valence-electron chi connectivity index (χ4n) is 3.85. The van der Waals surface area contributed by atoms with Gasteiger partial charge in [0.25, 0.3) is 0 Å². The smallest absolute Gasteiger partial charge is 0.373 e. The average molecular weight is 648 g/mol. The van der Waals surface area contributed by atoms with Gasteiger partial charge in [-0.3, -0.25) is 0 Å². The van der Waals surface area contributed by atoms with E-state index in [2.05, 4.69) is 21.3 Å². The van der Waals surface area contributed by atoms with E-state index in [9.17, 15) is 26.3 Å². The van der Waals surface area contributed by atoms with E-state index in [0.717, 1.165) is 0 Å². The van der Waals surface area contributed by atoms with Crippen molar-refractivity contribution in [3.8, 4) is 0 Å².